The molecule has 2 saturated heterocycles. The highest BCUT2D eigenvalue weighted by atomic mass is 32.2. The van der Waals surface area contributed by atoms with E-state index in [-0.39, 0.29) is 23.6 Å². The number of benzene rings is 2. The summed E-state index contributed by atoms with van der Waals surface area (Å²) in [5.41, 5.74) is 2.96. The third-order valence-corrected chi connectivity index (χ3v) is 11.2. The average Bonchev–Trinajstić information content (AvgIpc) is 3.62. The summed E-state index contributed by atoms with van der Waals surface area (Å²) in [6.07, 6.45) is 1.44. The summed E-state index contributed by atoms with van der Waals surface area (Å²) in [4.78, 5) is 12.2. The first-order chi connectivity index (χ1) is 17.5. The van der Waals surface area contributed by atoms with Gasteiger partial charge in [0.1, 0.15) is 5.76 Å². The van der Waals surface area contributed by atoms with E-state index in [0.717, 1.165) is 18.5 Å². The summed E-state index contributed by atoms with van der Waals surface area (Å²) in [7, 11) is -3.72. The van der Waals surface area contributed by atoms with E-state index in [0.29, 0.717) is 29.0 Å². The predicted molar refractivity (Wildman–Crippen MR) is 146 cm³/mol. The van der Waals surface area contributed by atoms with E-state index < -0.39 is 10.0 Å². The van der Waals surface area contributed by atoms with E-state index in [4.69, 9.17) is 4.42 Å². The molecule has 5 rings (SSSR count). The number of sulfonamides is 1. The van der Waals surface area contributed by atoms with Crippen LogP contribution in [0.3, 0.4) is 0 Å². The van der Waals surface area contributed by atoms with Crippen LogP contribution in [0.1, 0.15) is 39.1 Å². The third-order valence-electron chi connectivity index (χ3n) is 6.32. The Kier molecular flexibility index (Phi) is 7.95. The molecule has 0 saturated carbocycles. The number of rotatable bonds is 8. The molecule has 3 heterocycles. The zero-order chi connectivity index (χ0) is 25.0. The number of amides is 1. The van der Waals surface area contributed by atoms with Crippen molar-refractivity contribution in [3.05, 3.63) is 83.6 Å². The molecule has 190 valence electrons. The molecule has 2 aromatic carbocycles. The van der Waals surface area contributed by atoms with Gasteiger partial charge in [-0.15, -0.1) is 23.5 Å². The van der Waals surface area contributed by atoms with Crippen LogP contribution in [0, 0.1) is 0 Å². The highest BCUT2D eigenvalue weighted by Crippen LogP contribution is 2.45. The molecule has 0 atom stereocenters. The maximum atomic E-state index is 13.1. The molecule has 0 spiro atoms. The van der Waals surface area contributed by atoms with E-state index in [1.807, 2.05) is 29.6 Å². The molecule has 2 fully saturated rings. The summed E-state index contributed by atoms with van der Waals surface area (Å²) in [5.74, 6) is 2.58. The molecule has 2 aliphatic heterocycles. The van der Waals surface area contributed by atoms with Crippen LogP contribution in [0.4, 0.5) is 5.69 Å². The van der Waals surface area contributed by atoms with Crippen molar-refractivity contribution in [3.63, 3.8) is 0 Å². The van der Waals surface area contributed by atoms with Gasteiger partial charge in [-0.25, -0.2) is 8.42 Å². The molecule has 0 aliphatic carbocycles. The Morgan fingerprint density at radius 1 is 0.944 bits per heavy atom. The lowest BCUT2D eigenvalue weighted by Crippen LogP contribution is -2.42. The van der Waals surface area contributed by atoms with Gasteiger partial charge in [-0.2, -0.15) is 4.31 Å². The van der Waals surface area contributed by atoms with Gasteiger partial charge in [0.2, 0.25) is 5.09 Å². The molecule has 1 aromatic heterocycles. The van der Waals surface area contributed by atoms with Crippen molar-refractivity contribution in [1.82, 2.24) is 9.62 Å². The second-order valence-corrected chi connectivity index (χ2v) is 13.4. The highest BCUT2D eigenvalue weighted by molar-refractivity contribution is 8.19. The number of nitrogens with one attached hydrogen (secondary N) is 2. The van der Waals surface area contributed by atoms with Crippen molar-refractivity contribution < 1.29 is 17.6 Å². The molecule has 1 amide bonds. The normalized spacial score (nSPS) is 17.8. The molecule has 7 nitrogen and oxygen atoms in total. The van der Waals surface area contributed by atoms with Gasteiger partial charge in [-0.1, -0.05) is 30.3 Å². The first kappa shape index (κ1) is 25.3. The second kappa shape index (κ2) is 11.3. The van der Waals surface area contributed by atoms with Crippen molar-refractivity contribution in [2.45, 2.75) is 35.1 Å². The van der Waals surface area contributed by atoms with Gasteiger partial charge >= 0.3 is 0 Å². The Labute approximate surface area is 220 Å². The Morgan fingerprint density at radius 3 is 2.33 bits per heavy atom. The van der Waals surface area contributed by atoms with E-state index >= 15 is 0 Å². The summed E-state index contributed by atoms with van der Waals surface area (Å²) >= 11 is 3.99. The smallest absolute Gasteiger partial charge is 0.276 e. The van der Waals surface area contributed by atoms with Gasteiger partial charge in [-0.3, -0.25) is 4.79 Å². The van der Waals surface area contributed by atoms with Gasteiger partial charge in [0, 0.05) is 41.9 Å². The minimum atomic E-state index is -3.72. The quantitative estimate of drug-likeness (QED) is 0.415. The van der Waals surface area contributed by atoms with Crippen LogP contribution in [-0.2, 0) is 16.6 Å². The number of carbonyl (C=O) groups excluding carboxylic acids is 1. The maximum Gasteiger partial charge on any atom is 0.276 e. The molecule has 0 bridgehead atoms. The number of carbonyl (C=O) groups is 1. The summed E-state index contributed by atoms with van der Waals surface area (Å²) in [6, 6.07) is 20.8. The second-order valence-electron chi connectivity index (χ2n) is 8.79. The topological polar surface area (TPSA) is 91.7 Å². The summed E-state index contributed by atoms with van der Waals surface area (Å²) in [6.45, 7) is 0.967. The molecule has 0 radical (unpaired) electrons. The molecular formula is C26H29N3O4S3. The minimum absolute atomic E-state index is 0.0869. The fraction of sp³-hybridized carbons (Fsp3) is 0.346. The van der Waals surface area contributed by atoms with Gasteiger partial charge < -0.3 is 15.1 Å². The first-order valence-corrected chi connectivity index (χ1v) is 15.5. The van der Waals surface area contributed by atoms with E-state index in [2.05, 4.69) is 34.9 Å². The first-order valence-electron chi connectivity index (χ1n) is 12.0. The number of thioether (sulfide) groups is 2. The van der Waals surface area contributed by atoms with Crippen LogP contribution in [0.2, 0.25) is 0 Å². The summed E-state index contributed by atoms with van der Waals surface area (Å²) in [5, 5.41) is 6.23. The summed E-state index contributed by atoms with van der Waals surface area (Å²) < 4.78 is 33.8. The molecule has 10 heteroatoms. The third kappa shape index (κ3) is 5.94. The maximum absolute atomic E-state index is 13.1. The zero-order valence-corrected chi connectivity index (χ0v) is 22.2. The van der Waals surface area contributed by atoms with Crippen molar-refractivity contribution in [3.8, 4) is 0 Å². The minimum Gasteiger partial charge on any atom is -0.446 e. The molecule has 36 heavy (non-hydrogen) atoms. The number of furan rings is 1. The zero-order valence-electron chi connectivity index (χ0n) is 19.8. The van der Waals surface area contributed by atoms with E-state index in [9.17, 15) is 13.2 Å². The molecular weight excluding hydrogens is 515 g/mol. The Hall–Kier alpha value is -2.40. The van der Waals surface area contributed by atoms with Gasteiger partial charge in [0.15, 0.2) is 0 Å². The highest BCUT2D eigenvalue weighted by Gasteiger charge is 2.31. The lowest BCUT2D eigenvalue weighted by molar-refractivity contribution is 0.0947. The average molecular weight is 544 g/mol. The SMILES string of the molecule is O=C(NCc1ccc(S(=O)(=O)N2CCC(Nc3ccc(C4SCCS4)cc3)CC2)o1)c1ccccc1. The molecule has 2 aliphatic rings. The van der Waals surface area contributed by atoms with E-state index in [1.54, 1.807) is 30.3 Å². The van der Waals surface area contributed by atoms with Gasteiger partial charge in [0.25, 0.3) is 15.9 Å². The van der Waals surface area contributed by atoms with Crippen LogP contribution < -0.4 is 10.6 Å². The number of hydrogen-bond donors (Lipinski definition) is 2. The van der Waals surface area contributed by atoms with Crippen LogP contribution in [-0.4, -0.2) is 49.3 Å². The van der Waals surface area contributed by atoms with Crippen molar-refractivity contribution >= 4 is 45.1 Å². The number of piperidine rings is 1. The predicted octanol–water partition coefficient (Wildman–Crippen LogP) is 4.95. The number of nitrogens with zero attached hydrogens (tertiary/aromatic N) is 1. The Balaban J connectivity index is 1.12. The van der Waals surface area contributed by atoms with E-state index in [1.165, 1.54) is 27.4 Å². The molecule has 3 aromatic rings. The Morgan fingerprint density at radius 2 is 1.64 bits per heavy atom. The fourth-order valence-electron chi connectivity index (χ4n) is 4.34. The lowest BCUT2D eigenvalue weighted by atomic mass is 10.1. The van der Waals surface area contributed by atoms with Crippen LogP contribution in [0.5, 0.6) is 0 Å². The van der Waals surface area contributed by atoms with Crippen LogP contribution in [0.25, 0.3) is 0 Å². The fourth-order valence-corrected chi connectivity index (χ4v) is 8.60. The largest absolute Gasteiger partial charge is 0.446 e. The standard InChI is InChI=1S/C26H29N3O4S3/c30-25(19-4-2-1-3-5-19)27-18-23-10-11-24(33-23)36(31,32)29-14-12-22(13-15-29)28-21-8-6-20(7-9-21)26-34-16-17-35-26/h1-11,22,26,28H,12-18H2,(H,27,30). The number of hydrogen-bond acceptors (Lipinski definition) is 7. The van der Waals surface area contributed by atoms with Crippen molar-refractivity contribution in [2.24, 2.45) is 0 Å². The number of anilines is 1. The molecule has 0 unspecified atom stereocenters. The van der Waals surface area contributed by atoms with Crippen LogP contribution >= 0.6 is 23.5 Å². The van der Waals surface area contributed by atoms with Gasteiger partial charge in [-0.05, 0) is 54.8 Å². The van der Waals surface area contributed by atoms with Crippen molar-refractivity contribution in [2.75, 3.05) is 29.9 Å². The van der Waals surface area contributed by atoms with Gasteiger partial charge in [0.05, 0.1) is 11.1 Å². The molecule has 2 N–H and O–H groups in total. The van der Waals surface area contributed by atoms with Crippen LogP contribution in [0.15, 0.2) is 76.2 Å². The lowest BCUT2D eigenvalue weighted by Gasteiger charge is -2.31. The van der Waals surface area contributed by atoms with Crippen molar-refractivity contribution in [1.29, 1.82) is 0 Å². The monoisotopic (exact) mass is 543 g/mol. The Bertz CT molecular complexity index is 1270.